The van der Waals surface area contributed by atoms with Crippen molar-refractivity contribution in [2.45, 2.75) is 13.8 Å². The van der Waals surface area contributed by atoms with Crippen LogP contribution < -0.4 is 0 Å². The second kappa shape index (κ2) is 9.93. The van der Waals surface area contributed by atoms with Gasteiger partial charge in [0.05, 0.1) is 0 Å². The average Bonchev–Trinajstić information content (AvgIpc) is 2.05. The third-order valence-corrected chi connectivity index (χ3v) is 2.90. The summed E-state index contributed by atoms with van der Waals surface area (Å²) in [6.45, 7) is 6.30. The molecule has 0 radical (unpaired) electrons. The van der Waals surface area contributed by atoms with E-state index >= 15 is 0 Å². The van der Waals surface area contributed by atoms with Crippen LogP contribution in [0, 0.1) is 0 Å². The topological polar surface area (TPSA) is 38.7 Å². The molecule has 0 bridgehead atoms. The summed E-state index contributed by atoms with van der Waals surface area (Å²) in [6.07, 6.45) is -1.70. The molecule has 0 saturated heterocycles. The van der Waals surface area contributed by atoms with E-state index in [1.54, 1.807) is 6.66 Å². The molecule has 0 spiro atoms. The molecule has 0 saturated carbocycles. The van der Waals surface area contributed by atoms with Gasteiger partial charge in [-0.1, -0.05) is 15.9 Å². The molecule has 0 fully saturated rings. The molecule has 0 aliphatic heterocycles. The second-order valence-electron chi connectivity index (χ2n) is 2.16. The quantitative estimate of drug-likeness (QED) is 0.809. The predicted molar refractivity (Wildman–Crippen MR) is 58.9 cm³/mol. The predicted octanol–water partition coefficient (Wildman–Crippen LogP) is 3.30. The third kappa shape index (κ3) is 14.9. The Morgan fingerprint density at radius 3 is 1.79 bits per heavy atom. The normalized spacial score (nSPS) is 11.4. The van der Waals surface area contributed by atoms with Crippen LogP contribution in [0.4, 0.5) is 8.78 Å². The van der Waals surface area contributed by atoms with Crippen LogP contribution in [0.1, 0.15) is 13.8 Å². The minimum absolute atomic E-state index is 0.513. The summed E-state index contributed by atoms with van der Waals surface area (Å²) in [5.74, 6) is 0. The number of hydrogen-bond acceptors (Lipinski definition) is 3. The van der Waals surface area contributed by atoms with E-state index in [-0.39, 0.29) is 0 Å². The molecule has 7 heteroatoms. The Kier molecular flexibility index (Phi) is 11.9. The van der Waals surface area contributed by atoms with Gasteiger partial charge in [-0.2, -0.15) is 8.78 Å². The molecule has 14 heavy (non-hydrogen) atoms. The summed E-state index contributed by atoms with van der Waals surface area (Å²) in [6, 6.07) is 0. The standard InChI is InChI=1S/C5H15O3P.C2HBrF2/c1-4-7-9(3,6)8-5-2;3-1-2(4)5/h6,9H,4-5H2,1-3H3;1H. The zero-order chi connectivity index (χ0) is 11.6. The van der Waals surface area contributed by atoms with Crippen LogP contribution in [0.2, 0.25) is 0 Å². The first kappa shape index (κ1) is 16.8. The van der Waals surface area contributed by atoms with Crippen molar-refractivity contribution in [3.8, 4) is 0 Å². The Hall–Kier alpha value is 0.390. The molecule has 0 aromatic heterocycles. The SMILES string of the molecule is CCO[PH](C)(O)OCC.FC(F)=CBr. The van der Waals surface area contributed by atoms with E-state index in [1.807, 2.05) is 13.8 Å². The van der Waals surface area contributed by atoms with Gasteiger partial charge in [-0.25, -0.2) is 0 Å². The van der Waals surface area contributed by atoms with Crippen molar-refractivity contribution >= 4 is 23.9 Å². The van der Waals surface area contributed by atoms with Crippen molar-refractivity contribution in [3.05, 3.63) is 11.1 Å². The first-order valence-corrected chi connectivity index (χ1v) is 7.19. The Morgan fingerprint density at radius 2 is 1.64 bits per heavy atom. The van der Waals surface area contributed by atoms with E-state index in [0.717, 1.165) is 0 Å². The number of hydrogen-bond donors (Lipinski definition) is 1. The molecule has 0 rings (SSSR count). The molecule has 1 N–H and O–H groups in total. The van der Waals surface area contributed by atoms with E-state index < -0.39 is 14.0 Å². The Labute approximate surface area is 91.8 Å². The van der Waals surface area contributed by atoms with Crippen LogP contribution in [0.25, 0.3) is 0 Å². The van der Waals surface area contributed by atoms with Gasteiger partial charge in [0.2, 0.25) is 0 Å². The summed E-state index contributed by atoms with van der Waals surface area (Å²) < 4.78 is 31.0. The van der Waals surface area contributed by atoms with Gasteiger partial charge >= 0.3 is 55.6 Å². The van der Waals surface area contributed by atoms with Crippen LogP contribution in [0.3, 0.4) is 0 Å². The second-order valence-corrected chi connectivity index (χ2v) is 4.99. The summed E-state index contributed by atoms with van der Waals surface area (Å²) in [5, 5.41) is 0. The minimum atomic E-state index is -2.70. The molecular formula is C7H16BrF2O3P. The summed E-state index contributed by atoms with van der Waals surface area (Å²) in [4.78, 5) is 9.77. The molecule has 0 amide bonds. The largest absolute Gasteiger partial charge is 0.277 e. The molecule has 3 nitrogen and oxygen atoms in total. The fourth-order valence-corrected chi connectivity index (χ4v) is 1.73. The molecule has 0 heterocycles. The maximum absolute atomic E-state index is 10.6. The summed E-state index contributed by atoms with van der Waals surface area (Å²) in [5.41, 5.74) is 0. The van der Waals surface area contributed by atoms with Gasteiger partial charge in [0.1, 0.15) is 0 Å². The van der Waals surface area contributed by atoms with E-state index in [4.69, 9.17) is 9.05 Å². The van der Waals surface area contributed by atoms with Crippen molar-refractivity contribution in [1.29, 1.82) is 0 Å². The molecule has 0 unspecified atom stereocenters. The summed E-state index contributed by atoms with van der Waals surface area (Å²) >= 11 is 2.40. The van der Waals surface area contributed by atoms with Crippen molar-refractivity contribution in [3.63, 3.8) is 0 Å². The molecule has 0 aromatic rings. The molecule has 0 atom stereocenters. The average molecular weight is 297 g/mol. The maximum atomic E-state index is 10.6. The fraction of sp³-hybridized carbons (Fsp3) is 0.714. The first-order valence-electron chi connectivity index (χ1n) is 4.01. The zero-order valence-corrected chi connectivity index (χ0v) is 11.0. The monoisotopic (exact) mass is 296 g/mol. The van der Waals surface area contributed by atoms with Crippen LogP contribution >= 0.6 is 23.9 Å². The Morgan fingerprint density at radius 1 is 1.36 bits per heavy atom. The molecule has 0 aromatic carbocycles. The van der Waals surface area contributed by atoms with Crippen LogP contribution in [-0.4, -0.2) is 24.8 Å². The van der Waals surface area contributed by atoms with Gasteiger partial charge in [0.25, 0.3) is 6.08 Å². The summed E-state index contributed by atoms with van der Waals surface area (Å²) in [7, 11) is -2.70. The third-order valence-electron chi connectivity index (χ3n) is 0.907. The van der Waals surface area contributed by atoms with Gasteiger partial charge in [-0.15, -0.1) is 0 Å². The van der Waals surface area contributed by atoms with Gasteiger partial charge in [-0.3, -0.25) is 0 Å². The van der Waals surface area contributed by atoms with E-state index in [2.05, 4.69) is 15.9 Å². The Balaban J connectivity index is 0. The van der Waals surface area contributed by atoms with Crippen molar-refractivity contribution in [1.82, 2.24) is 0 Å². The van der Waals surface area contributed by atoms with Crippen molar-refractivity contribution in [2.24, 2.45) is 0 Å². The fourth-order valence-electron chi connectivity index (χ4n) is 0.577. The molecular weight excluding hydrogens is 281 g/mol. The maximum Gasteiger partial charge on any atom is 0.277 e. The van der Waals surface area contributed by atoms with Gasteiger partial charge < -0.3 is 0 Å². The van der Waals surface area contributed by atoms with E-state index in [0.29, 0.717) is 18.2 Å². The zero-order valence-electron chi connectivity index (χ0n) is 8.39. The van der Waals surface area contributed by atoms with Crippen molar-refractivity contribution in [2.75, 3.05) is 19.9 Å². The van der Waals surface area contributed by atoms with Gasteiger partial charge in [0, 0.05) is 4.99 Å². The number of rotatable bonds is 4. The van der Waals surface area contributed by atoms with Crippen LogP contribution in [0.15, 0.2) is 11.1 Å². The van der Waals surface area contributed by atoms with Gasteiger partial charge in [0.15, 0.2) is 0 Å². The van der Waals surface area contributed by atoms with Crippen LogP contribution in [0.5, 0.6) is 0 Å². The molecule has 0 aliphatic rings. The smallest absolute Gasteiger partial charge is 0.173 e. The van der Waals surface area contributed by atoms with E-state index in [1.165, 1.54) is 0 Å². The minimum Gasteiger partial charge on any atom is -0.173 e. The first-order chi connectivity index (χ1) is 6.39. The molecule has 88 valence electrons. The van der Waals surface area contributed by atoms with Crippen LogP contribution in [-0.2, 0) is 9.05 Å². The Bertz CT molecular complexity index is 155. The van der Waals surface area contributed by atoms with E-state index in [9.17, 15) is 13.7 Å². The van der Waals surface area contributed by atoms with Gasteiger partial charge in [-0.05, 0) is 0 Å². The molecule has 0 aliphatic carbocycles. The number of halogens is 3. The van der Waals surface area contributed by atoms with Crippen molar-refractivity contribution < 1.29 is 22.7 Å².